The molecule has 1 N–H and O–H groups in total. The molecule has 2 nitrogen and oxygen atoms in total. The molecule has 0 fully saturated rings. The molecule has 0 saturated carbocycles. The smallest absolute Gasteiger partial charge is 0.0366 e. The molecule has 1 aromatic rings. The molecule has 0 atom stereocenters. The van der Waals surface area contributed by atoms with E-state index in [0.717, 1.165) is 25.6 Å². The molecule has 0 aliphatic rings. The van der Waals surface area contributed by atoms with Crippen LogP contribution in [0.3, 0.4) is 0 Å². The summed E-state index contributed by atoms with van der Waals surface area (Å²) in [4.78, 5) is 2.31. The number of nitrogens with one attached hydrogen (secondary N) is 1. The summed E-state index contributed by atoms with van der Waals surface area (Å²) in [6.45, 7) is 9.96. The lowest BCUT2D eigenvalue weighted by molar-refractivity contribution is 0.529. The van der Waals surface area contributed by atoms with Crippen LogP contribution in [0.5, 0.6) is 0 Å². The van der Waals surface area contributed by atoms with Crippen molar-refractivity contribution in [2.75, 3.05) is 31.6 Å². The van der Waals surface area contributed by atoms with Crippen LogP contribution >= 0.6 is 0 Å². The summed E-state index contributed by atoms with van der Waals surface area (Å²) in [5.41, 5.74) is 2.63. The number of rotatable bonds is 8. The predicted octanol–water partition coefficient (Wildman–Crippen LogP) is 3.46. The maximum atomic E-state index is 3.51. The number of nitrogens with zero attached hydrogens (tertiary/aromatic N) is 1. The van der Waals surface area contributed by atoms with Crippen molar-refractivity contribution in [2.24, 2.45) is 5.92 Å². The fraction of sp³-hybridized carbons (Fsp3) is 0.625. The largest absolute Gasteiger partial charge is 0.373 e. The fourth-order valence-corrected chi connectivity index (χ4v) is 2.00. The van der Waals surface area contributed by atoms with Crippen LogP contribution in [0.15, 0.2) is 24.3 Å². The van der Waals surface area contributed by atoms with E-state index in [1.54, 1.807) is 0 Å². The summed E-state index contributed by atoms with van der Waals surface area (Å²) in [6.07, 6.45) is 2.60. The van der Waals surface area contributed by atoms with Crippen LogP contribution in [0, 0.1) is 12.8 Å². The fourth-order valence-electron chi connectivity index (χ4n) is 2.00. The molecule has 0 aromatic heterocycles. The third-order valence-electron chi connectivity index (χ3n) is 3.20. The van der Waals surface area contributed by atoms with Gasteiger partial charge in [-0.25, -0.2) is 0 Å². The molecule has 0 saturated heterocycles. The molecule has 0 aliphatic heterocycles. The molecule has 102 valence electrons. The van der Waals surface area contributed by atoms with Crippen molar-refractivity contribution >= 4 is 5.69 Å². The van der Waals surface area contributed by atoms with Gasteiger partial charge in [-0.15, -0.1) is 0 Å². The first-order valence-electron chi connectivity index (χ1n) is 7.08. The highest BCUT2D eigenvalue weighted by Gasteiger charge is 2.00. The Hall–Kier alpha value is -1.02. The molecule has 0 radical (unpaired) electrons. The minimum absolute atomic E-state index is 0.821. The molecule has 0 unspecified atom stereocenters. The van der Waals surface area contributed by atoms with Gasteiger partial charge in [0.05, 0.1) is 0 Å². The van der Waals surface area contributed by atoms with E-state index < -0.39 is 0 Å². The summed E-state index contributed by atoms with van der Waals surface area (Å²) < 4.78 is 0. The maximum Gasteiger partial charge on any atom is 0.0366 e. The minimum atomic E-state index is 0.821. The van der Waals surface area contributed by atoms with Gasteiger partial charge in [-0.3, -0.25) is 0 Å². The van der Waals surface area contributed by atoms with Crippen LogP contribution < -0.4 is 10.2 Å². The number of aryl methyl sites for hydroxylation is 1. The Balaban J connectivity index is 2.15. The zero-order valence-electron chi connectivity index (χ0n) is 12.4. The molecule has 0 spiro atoms. The molecule has 0 amide bonds. The Morgan fingerprint density at radius 1 is 1.22 bits per heavy atom. The highest BCUT2D eigenvalue weighted by atomic mass is 15.1. The third-order valence-corrected chi connectivity index (χ3v) is 3.20. The zero-order valence-corrected chi connectivity index (χ0v) is 12.4. The molecule has 2 heteroatoms. The Labute approximate surface area is 112 Å². The number of benzene rings is 1. The Morgan fingerprint density at radius 3 is 2.67 bits per heavy atom. The van der Waals surface area contributed by atoms with Crippen LogP contribution in [-0.4, -0.2) is 26.7 Å². The molecule has 0 bridgehead atoms. The van der Waals surface area contributed by atoms with E-state index in [4.69, 9.17) is 0 Å². The zero-order chi connectivity index (χ0) is 13.4. The normalized spacial score (nSPS) is 10.9. The average Bonchev–Trinajstić information content (AvgIpc) is 2.33. The molecule has 18 heavy (non-hydrogen) atoms. The second-order valence-corrected chi connectivity index (χ2v) is 5.55. The summed E-state index contributed by atoms with van der Waals surface area (Å²) in [5.74, 6) is 0.821. The van der Waals surface area contributed by atoms with Crippen LogP contribution in [0.2, 0.25) is 0 Å². The predicted molar refractivity (Wildman–Crippen MR) is 81.4 cm³/mol. The van der Waals surface area contributed by atoms with E-state index in [0.29, 0.717) is 0 Å². The number of hydrogen-bond donors (Lipinski definition) is 1. The van der Waals surface area contributed by atoms with Crippen LogP contribution in [0.25, 0.3) is 0 Å². The van der Waals surface area contributed by atoms with Gasteiger partial charge in [-0.05, 0) is 49.9 Å². The van der Waals surface area contributed by atoms with Crippen LogP contribution in [0.4, 0.5) is 5.69 Å². The van der Waals surface area contributed by atoms with Crippen molar-refractivity contribution in [3.8, 4) is 0 Å². The van der Waals surface area contributed by atoms with Gasteiger partial charge >= 0.3 is 0 Å². The van der Waals surface area contributed by atoms with Crippen molar-refractivity contribution < 1.29 is 0 Å². The summed E-state index contributed by atoms with van der Waals surface area (Å²) in [7, 11) is 2.16. The molecule has 0 aliphatic carbocycles. The molecule has 1 aromatic carbocycles. The number of likely N-dealkylation sites (N-methyl/N-ethyl adjacent to an activating group) is 1. The van der Waals surface area contributed by atoms with E-state index in [-0.39, 0.29) is 0 Å². The molecule has 0 heterocycles. The number of hydrogen-bond acceptors (Lipinski definition) is 2. The Bertz CT molecular complexity index is 334. The van der Waals surface area contributed by atoms with Crippen molar-refractivity contribution in [1.82, 2.24) is 5.32 Å². The van der Waals surface area contributed by atoms with E-state index in [1.165, 1.54) is 24.1 Å². The lowest BCUT2D eigenvalue weighted by Crippen LogP contribution is -2.29. The van der Waals surface area contributed by atoms with Gasteiger partial charge in [0.2, 0.25) is 0 Å². The second kappa shape index (κ2) is 8.15. The maximum absolute atomic E-state index is 3.51. The van der Waals surface area contributed by atoms with E-state index in [1.807, 2.05) is 0 Å². The summed E-state index contributed by atoms with van der Waals surface area (Å²) in [6, 6.07) is 8.67. The minimum Gasteiger partial charge on any atom is -0.373 e. The Kier molecular flexibility index (Phi) is 6.81. The summed E-state index contributed by atoms with van der Waals surface area (Å²) >= 11 is 0. The topological polar surface area (TPSA) is 15.3 Å². The summed E-state index contributed by atoms with van der Waals surface area (Å²) in [5, 5.41) is 3.51. The van der Waals surface area contributed by atoms with Crippen LogP contribution in [-0.2, 0) is 0 Å². The standard InChI is InChI=1S/C16H28N2/c1-14(2)7-6-10-17-11-12-18(4)16-9-5-8-15(3)13-16/h5,8-9,13-14,17H,6-7,10-12H2,1-4H3. The van der Waals surface area contributed by atoms with Gasteiger partial charge in [-0.1, -0.05) is 26.0 Å². The van der Waals surface area contributed by atoms with Gasteiger partial charge in [0.15, 0.2) is 0 Å². The van der Waals surface area contributed by atoms with Gasteiger partial charge in [0.1, 0.15) is 0 Å². The molecular weight excluding hydrogens is 220 g/mol. The van der Waals surface area contributed by atoms with Crippen LogP contribution in [0.1, 0.15) is 32.3 Å². The lowest BCUT2D eigenvalue weighted by atomic mass is 10.1. The van der Waals surface area contributed by atoms with E-state index in [9.17, 15) is 0 Å². The lowest BCUT2D eigenvalue weighted by Gasteiger charge is -2.20. The highest BCUT2D eigenvalue weighted by Crippen LogP contribution is 2.13. The first kappa shape index (κ1) is 15.0. The van der Waals surface area contributed by atoms with Crippen molar-refractivity contribution in [2.45, 2.75) is 33.6 Å². The second-order valence-electron chi connectivity index (χ2n) is 5.55. The van der Waals surface area contributed by atoms with Gasteiger partial charge in [0.25, 0.3) is 0 Å². The van der Waals surface area contributed by atoms with Crippen molar-refractivity contribution in [1.29, 1.82) is 0 Å². The van der Waals surface area contributed by atoms with Gasteiger partial charge in [-0.2, -0.15) is 0 Å². The van der Waals surface area contributed by atoms with Crippen molar-refractivity contribution in [3.05, 3.63) is 29.8 Å². The average molecular weight is 248 g/mol. The monoisotopic (exact) mass is 248 g/mol. The SMILES string of the molecule is Cc1cccc(N(C)CCNCCCC(C)C)c1. The first-order chi connectivity index (χ1) is 8.59. The van der Waals surface area contributed by atoms with E-state index >= 15 is 0 Å². The highest BCUT2D eigenvalue weighted by molar-refractivity contribution is 5.47. The van der Waals surface area contributed by atoms with Gasteiger partial charge in [0, 0.05) is 25.8 Å². The number of anilines is 1. The first-order valence-corrected chi connectivity index (χ1v) is 7.08. The Morgan fingerprint density at radius 2 is 2.00 bits per heavy atom. The van der Waals surface area contributed by atoms with Gasteiger partial charge < -0.3 is 10.2 Å². The quantitative estimate of drug-likeness (QED) is 0.709. The molecule has 1 rings (SSSR count). The third kappa shape index (κ3) is 6.06. The molecular formula is C16H28N2. The van der Waals surface area contributed by atoms with E-state index in [2.05, 4.69) is 62.3 Å². The van der Waals surface area contributed by atoms with Crippen molar-refractivity contribution in [3.63, 3.8) is 0 Å².